The summed E-state index contributed by atoms with van der Waals surface area (Å²) in [6, 6.07) is 20.1. The maximum atomic E-state index is 13.4. The summed E-state index contributed by atoms with van der Waals surface area (Å²) in [6.07, 6.45) is 0.328. The Hall–Kier alpha value is -2.98. The minimum atomic E-state index is -0.241. The highest BCUT2D eigenvalue weighted by molar-refractivity contribution is 7.17. The first-order valence-corrected chi connectivity index (χ1v) is 9.84. The number of hydrogen-bond donors (Lipinski definition) is 0. The van der Waals surface area contributed by atoms with Gasteiger partial charge in [-0.2, -0.15) is 0 Å². The molecule has 0 N–H and O–H groups in total. The van der Waals surface area contributed by atoms with E-state index >= 15 is 0 Å². The molecule has 0 saturated carbocycles. The predicted octanol–water partition coefficient (Wildman–Crippen LogP) is 5.28. The Morgan fingerprint density at radius 3 is 2.56 bits per heavy atom. The minimum absolute atomic E-state index is 0.00266. The van der Waals surface area contributed by atoms with Gasteiger partial charge in [0.15, 0.2) is 0 Å². The SMILES string of the molecule is CC(=O)CC1c2ccccc2-c2c(-c3ccccc3)c3ccsc3c(=O)n21. The lowest BCUT2D eigenvalue weighted by Crippen LogP contribution is -2.24. The number of carbonyl (C=O) groups excluding carboxylic acids is 1. The van der Waals surface area contributed by atoms with Crippen molar-refractivity contribution in [3.63, 3.8) is 0 Å². The zero-order valence-corrected chi connectivity index (χ0v) is 15.6. The zero-order valence-electron chi connectivity index (χ0n) is 14.8. The minimum Gasteiger partial charge on any atom is -0.300 e. The first-order chi connectivity index (χ1) is 13.2. The van der Waals surface area contributed by atoms with Crippen LogP contribution < -0.4 is 5.56 Å². The lowest BCUT2D eigenvalue weighted by molar-refractivity contribution is -0.117. The van der Waals surface area contributed by atoms with Crippen LogP contribution >= 0.6 is 11.3 Å². The van der Waals surface area contributed by atoms with Crippen molar-refractivity contribution in [3.8, 4) is 22.4 Å². The van der Waals surface area contributed by atoms with Gasteiger partial charge in [0.25, 0.3) is 5.56 Å². The van der Waals surface area contributed by atoms with Crippen LogP contribution in [0.25, 0.3) is 32.5 Å². The lowest BCUT2D eigenvalue weighted by Gasteiger charge is -2.17. The maximum Gasteiger partial charge on any atom is 0.269 e. The molecule has 5 rings (SSSR count). The van der Waals surface area contributed by atoms with Crippen molar-refractivity contribution in [1.29, 1.82) is 0 Å². The molecule has 0 saturated heterocycles. The van der Waals surface area contributed by atoms with E-state index in [1.807, 2.05) is 52.4 Å². The number of pyridine rings is 1. The highest BCUT2D eigenvalue weighted by atomic mass is 32.1. The van der Waals surface area contributed by atoms with E-state index in [-0.39, 0.29) is 17.4 Å². The van der Waals surface area contributed by atoms with Crippen LogP contribution in [0.5, 0.6) is 0 Å². The number of aromatic nitrogens is 1. The van der Waals surface area contributed by atoms with E-state index in [9.17, 15) is 9.59 Å². The molecule has 4 aromatic rings. The fraction of sp³-hybridized carbons (Fsp3) is 0.130. The van der Waals surface area contributed by atoms with E-state index in [0.717, 1.165) is 38.0 Å². The van der Waals surface area contributed by atoms with Gasteiger partial charge in [0, 0.05) is 22.9 Å². The topological polar surface area (TPSA) is 39.1 Å². The summed E-state index contributed by atoms with van der Waals surface area (Å²) in [4.78, 5) is 25.4. The Bertz CT molecular complexity index is 1250. The lowest BCUT2D eigenvalue weighted by atomic mass is 9.95. The summed E-state index contributed by atoms with van der Waals surface area (Å²) in [7, 11) is 0. The van der Waals surface area contributed by atoms with Gasteiger partial charge >= 0.3 is 0 Å². The molecule has 1 unspecified atom stereocenters. The van der Waals surface area contributed by atoms with E-state index in [4.69, 9.17) is 0 Å². The maximum absolute atomic E-state index is 13.4. The van der Waals surface area contributed by atoms with Crippen LogP contribution in [0, 0.1) is 0 Å². The largest absolute Gasteiger partial charge is 0.300 e. The number of thiophene rings is 1. The monoisotopic (exact) mass is 371 g/mol. The molecule has 0 radical (unpaired) electrons. The number of fused-ring (bicyclic) bond motifs is 4. The van der Waals surface area contributed by atoms with Crippen LogP contribution in [0.4, 0.5) is 0 Å². The number of nitrogens with zero attached hydrogens (tertiary/aromatic N) is 1. The van der Waals surface area contributed by atoms with Crippen LogP contribution in [0.1, 0.15) is 24.9 Å². The Morgan fingerprint density at radius 1 is 1.04 bits per heavy atom. The highest BCUT2D eigenvalue weighted by Crippen LogP contribution is 2.47. The van der Waals surface area contributed by atoms with Crippen molar-refractivity contribution >= 4 is 27.2 Å². The van der Waals surface area contributed by atoms with E-state index in [1.165, 1.54) is 11.3 Å². The molecule has 3 nitrogen and oxygen atoms in total. The van der Waals surface area contributed by atoms with Crippen LogP contribution in [0.2, 0.25) is 0 Å². The number of hydrogen-bond acceptors (Lipinski definition) is 3. The van der Waals surface area contributed by atoms with Crippen molar-refractivity contribution < 1.29 is 4.79 Å². The van der Waals surface area contributed by atoms with Gasteiger partial charge < -0.3 is 0 Å². The molecule has 0 fully saturated rings. The van der Waals surface area contributed by atoms with E-state index in [0.29, 0.717) is 6.42 Å². The fourth-order valence-corrected chi connectivity index (χ4v) is 5.04. The molecule has 1 aliphatic rings. The van der Waals surface area contributed by atoms with Crippen LogP contribution in [0.3, 0.4) is 0 Å². The number of Topliss-reactive ketones (excluding diaryl/α,β-unsaturated/α-hetero) is 1. The molecule has 132 valence electrons. The number of carbonyl (C=O) groups is 1. The molecule has 2 aromatic carbocycles. The summed E-state index contributed by atoms with van der Waals surface area (Å²) in [5.41, 5.74) is 5.19. The number of ketones is 1. The van der Waals surface area contributed by atoms with Crippen LogP contribution in [0.15, 0.2) is 70.8 Å². The number of rotatable bonds is 3. The third kappa shape index (κ3) is 2.33. The molecular formula is C23H17NO2S. The summed E-state index contributed by atoms with van der Waals surface area (Å²) >= 11 is 1.47. The second-order valence-corrected chi connectivity index (χ2v) is 7.85. The van der Waals surface area contributed by atoms with Gasteiger partial charge in [0.05, 0.1) is 11.7 Å². The van der Waals surface area contributed by atoms with Gasteiger partial charge in [0.2, 0.25) is 0 Å². The summed E-state index contributed by atoms with van der Waals surface area (Å²) < 4.78 is 2.60. The van der Waals surface area contributed by atoms with E-state index in [1.54, 1.807) is 6.92 Å². The third-order valence-corrected chi connectivity index (χ3v) is 6.16. The average molecular weight is 371 g/mol. The van der Waals surface area contributed by atoms with Gasteiger partial charge in [-0.05, 0) is 29.5 Å². The van der Waals surface area contributed by atoms with Gasteiger partial charge in [0.1, 0.15) is 10.5 Å². The van der Waals surface area contributed by atoms with Gasteiger partial charge in [-0.25, -0.2) is 0 Å². The van der Waals surface area contributed by atoms with Gasteiger partial charge in [-0.15, -0.1) is 11.3 Å². The Kier molecular flexibility index (Phi) is 3.62. The normalized spacial score (nSPS) is 14.9. The molecule has 3 heterocycles. The molecule has 4 heteroatoms. The number of benzene rings is 2. The molecule has 1 atom stereocenters. The quantitative estimate of drug-likeness (QED) is 0.491. The van der Waals surface area contributed by atoms with Gasteiger partial charge in [-0.3, -0.25) is 14.2 Å². The van der Waals surface area contributed by atoms with E-state index < -0.39 is 0 Å². The molecule has 1 aliphatic heterocycles. The van der Waals surface area contributed by atoms with Crippen molar-refractivity contribution in [1.82, 2.24) is 4.57 Å². The van der Waals surface area contributed by atoms with Gasteiger partial charge in [-0.1, -0.05) is 54.6 Å². The van der Waals surface area contributed by atoms with Crippen molar-refractivity contribution in [2.45, 2.75) is 19.4 Å². The summed E-state index contributed by atoms with van der Waals surface area (Å²) in [5.74, 6) is 0.0853. The van der Waals surface area contributed by atoms with Crippen molar-refractivity contribution in [2.75, 3.05) is 0 Å². The predicted molar refractivity (Wildman–Crippen MR) is 110 cm³/mol. The highest BCUT2D eigenvalue weighted by Gasteiger charge is 2.34. The first kappa shape index (κ1) is 16.2. The fourth-order valence-electron chi connectivity index (χ4n) is 4.21. The average Bonchev–Trinajstić information content (AvgIpc) is 3.28. The molecule has 0 aliphatic carbocycles. The Labute approximate surface area is 160 Å². The Balaban J connectivity index is 1.97. The summed E-state index contributed by atoms with van der Waals surface area (Å²) in [6.45, 7) is 1.59. The second kappa shape index (κ2) is 6.03. The van der Waals surface area contributed by atoms with E-state index in [2.05, 4.69) is 18.2 Å². The first-order valence-electron chi connectivity index (χ1n) is 8.96. The molecular weight excluding hydrogens is 354 g/mol. The van der Waals surface area contributed by atoms with Crippen LogP contribution in [-0.2, 0) is 4.79 Å². The Morgan fingerprint density at radius 2 is 1.78 bits per heavy atom. The van der Waals surface area contributed by atoms with Crippen LogP contribution in [-0.4, -0.2) is 10.4 Å². The smallest absolute Gasteiger partial charge is 0.269 e. The van der Waals surface area contributed by atoms with Crippen molar-refractivity contribution in [3.05, 3.63) is 82.0 Å². The molecule has 0 bridgehead atoms. The molecule has 0 spiro atoms. The summed E-state index contributed by atoms with van der Waals surface area (Å²) in [5, 5.41) is 2.96. The molecule has 0 amide bonds. The van der Waals surface area contributed by atoms with Crippen molar-refractivity contribution in [2.24, 2.45) is 0 Å². The zero-order chi connectivity index (χ0) is 18.5. The standard InChI is InChI=1S/C23H17NO2S/c1-14(25)13-19-16-9-5-6-10-17(16)21-20(15-7-3-2-4-8-15)18-11-12-27-22(18)23(26)24(19)21/h2-12,19H,13H2,1H3. The second-order valence-electron chi connectivity index (χ2n) is 6.94. The molecule has 2 aromatic heterocycles. The molecule has 27 heavy (non-hydrogen) atoms. The third-order valence-electron chi connectivity index (χ3n) is 5.26.